The topological polar surface area (TPSA) is 303 Å². The van der Waals surface area contributed by atoms with Crippen LogP contribution in [-0.2, 0) is 38.3 Å². The summed E-state index contributed by atoms with van der Waals surface area (Å²) in [5.41, 5.74) is 15.0. The van der Waals surface area contributed by atoms with Crippen LogP contribution in [0.3, 0.4) is 0 Å². The fourth-order valence-corrected chi connectivity index (χ4v) is 11.5. The smallest absolute Gasteiger partial charge is 0.231 e. The molecule has 0 radical (unpaired) electrons. The highest BCUT2D eigenvalue weighted by atomic mass is 33.1. The maximum atomic E-state index is 11.9. The lowest BCUT2D eigenvalue weighted by Crippen LogP contribution is -2.29. The first-order valence-electron chi connectivity index (χ1n) is 31.4. The Labute approximate surface area is 531 Å². The molecule has 0 aliphatic heterocycles. The summed E-state index contributed by atoms with van der Waals surface area (Å²) in [4.78, 5) is 78.6. The zero-order chi connectivity index (χ0) is 63.4. The van der Waals surface area contributed by atoms with Gasteiger partial charge >= 0.3 is 0 Å². The number of carbonyl (C=O) groups excluding carboxylic acids is 7. The van der Waals surface area contributed by atoms with E-state index >= 15 is 0 Å². The first kappa shape index (κ1) is 88.3. The highest BCUT2D eigenvalue weighted by Crippen LogP contribution is 2.23. The van der Waals surface area contributed by atoms with E-state index in [2.05, 4.69) is 77.2 Å². The third-order valence-electron chi connectivity index (χ3n) is 12.8. The van der Waals surface area contributed by atoms with Crippen molar-refractivity contribution in [1.29, 1.82) is 0 Å². The largest absolute Gasteiger partial charge is 0.369 e. The number of likely N-dealkylation sites (N-methyl/N-ethyl adjacent to an activating group) is 1. The molecule has 3 atom stereocenters. The van der Waals surface area contributed by atoms with Crippen molar-refractivity contribution in [3.8, 4) is 0 Å². The van der Waals surface area contributed by atoms with Crippen LogP contribution in [0.5, 0.6) is 0 Å². The second-order valence-electron chi connectivity index (χ2n) is 21.1. The quantitative estimate of drug-likeness (QED) is 0.0117. The predicted molar refractivity (Wildman–Crippen MR) is 366 cm³/mol. The fraction of sp³-hybridized carbons (Fsp3) is 0.867. The monoisotopic (exact) mass is 1290 g/mol. The summed E-state index contributed by atoms with van der Waals surface area (Å²) in [6.45, 7) is 19.7. The number of primary amides is 2. The molecule has 0 saturated carbocycles. The van der Waals surface area contributed by atoms with Crippen LogP contribution in [0, 0.1) is 24.7 Å². The van der Waals surface area contributed by atoms with Crippen molar-refractivity contribution in [1.82, 2.24) is 42.5 Å². The Balaban J connectivity index is -0.000000555. The molecule has 498 valence electrons. The Morgan fingerprint density at radius 3 is 1.26 bits per heavy atom. The van der Waals surface area contributed by atoms with Crippen LogP contribution >= 0.6 is 54.9 Å². The molecule has 0 bridgehead atoms. The lowest BCUT2D eigenvalue weighted by molar-refractivity contribution is -0.122. The Morgan fingerprint density at radius 2 is 0.857 bits per heavy atom. The van der Waals surface area contributed by atoms with Gasteiger partial charge in [0.1, 0.15) is 0 Å². The summed E-state index contributed by atoms with van der Waals surface area (Å²) >= 11 is 1.68. The fourth-order valence-electron chi connectivity index (χ4n) is 7.69. The number of nitrogens with two attached hydrogens (primary N) is 3. The molecular weight excluding hydrogens is 1160 g/mol. The number of unbranched alkanes of at least 4 members (excludes halogenated alkanes) is 7. The summed E-state index contributed by atoms with van der Waals surface area (Å²) in [6.07, 6.45) is 30.5. The first-order chi connectivity index (χ1) is 40.5. The van der Waals surface area contributed by atoms with E-state index in [0.717, 1.165) is 159 Å². The van der Waals surface area contributed by atoms with Crippen molar-refractivity contribution < 1.29 is 38.3 Å². The Morgan fingerprint density at radius 1 is 0.452 bits per heavy atom. The van der Waals surface area contributed by atoms with Crippen molar-refractivity contribution in [2.24, 2.45) is 35.0 Å². The molecule has 0 aromatic rings. The SMILES string of the molecule is CNCC(N)=O.CSCCC(=O)NCCCCCC(=O)NCCCCC(C)CCCNCC(N)=O.CSSCCC(=O)NCCCCCC(=O)NCCCCC(C)CCCNCOCN.[CH2-]CC(C)CCCCNC(=O)CCCSSCCC. The van der Waals surface area contributed by atoms with E-state index in [1.807, 2.05) is 34.1 Å². The van der Waals surface area contributed by atoms with Crippen molar-refractivity contribution in [3.05, 3.63) is 6.92 Å². The number of carbonyl (C=O) groups is 7. The van der Waals surface area contributed by atoms with Gasteiger partial charge in [0, 0.05) is 87.8 Å². The second kappa shape index (κ2) is 73.3. The minimum Gasteiger partial charge on any atom is -0.369 e. The highest BCUT2D eigenvalue weighted by Gasteiger charge is 2.08. The Kier molecular flexibility index (Phi) is 77.0. The number of thioether (sulfide) groups is 1. The molecule has 0 aliphatic rings. The van der Waals surface area contributed by atoms with Gasteiger partial charge in [-0.3, -0.25) is 38.9 Å². The molecule has 0 fully saturated rings. The lowest BCUT2D eigenvalue weighted by atomic mass is 9.99. The van der Waals surface area contributed by atoms with Gasteiger partial charge in [0.25, 0.3) is 0 Å². The van der Waals surface area contributed by atoms with E-state index in [1.165, 1.54) is 37.9 Å². The highest BCUT2D eigenvalue weighted by molar-refractivity contribution is 8.76. The maximum absolute atomic E-state index is 11.9. The van der Waals surface area contributed by atoms with Gasteiger partial charge in [-0.15, -0.1) is 0 Å². The van der Waals surface area contributed by atoms with E-state index in [1.54, 1.807) is 40.4 Å². The summed E-state index contributed by atoms with van der Waals surface area (Å²) in [6, 6.07) is 0. The van der Waals surface area contributed by atoms with E-state index in [9.17, 15) is 33.6 Å². The van der Waals surface area contributed by atoms with E-state index < -0.39 is 0 Å². The van der Waals surface area contributed by atoms with Gasteiger partial charge in [-0.05, 0) is 128 Å². The molecule has 84 heavy (non-hydrogen) atoms. The van der Waals surface area contributed by atoms with Crippen LogP contribution in [0.25, 0.3) is 0 Å². The van der Waals surface area contributed by atoms with E-state index in [-0.39, 0.29) is 61.2 Å². The van der Waals surface area contributed by atoms with Crippen LogP contribution in [0.4, 0.5) is 0 Å². The molecule has 24 heteroatoms. The van der Waals surface area contributed by atoms with Crippen molar-refractivity contribution in [2.45, 2.75) is 201 Å². The molecule has 14 N–H and O–H groups in total. The number of hydrogen-bond acceptors (Lipinski definition) is 17. The van der Waals surface area contributed by atoms with E-state index in [0.29, 0.717) is 69.7 Å². The molecule has 19 nitrogen and oxygen atoms in total. The average Bonchev–Trinajstić information content (AvgIpc) is 3.46. The minimum absolute atomic E-state index is 0.117. The molecule has 0 aliphatic carbocycles. The molecule has 0 aromatic carbocycles. The van der Waals surface area contributed by atoms with Gasteiger partial charge in [-0.2, -0.15) is 18.2 Å². The van der Waals surface area contributed by atoms with Crippen LogP contribution in [-0.4, -0.2) is 156 Å². The Bertz CT molecular complexity index is 1520. The maximum Gasteiger partial charge on any atom is 0.231 e. The molecule has 0 spiro atoms. The molecule has 0 heterocycles. The summed E-state index contributed by atoms with van der Waals surface area (Å²) in [5, 5.41) is 23.7. The number of hydrogen-bond donors (Lipinski definition) is 11. The summed E-state index contributed by atoms with van der Waals surface area (Å²) in [5.74, 6) is 6.18. The zero-order valence-corrected chi connectivity index (χ0v) is 57.8. The van der Waals surface area contributed by atoms with Gasteiger partial charge in [-0.1, -0.05) is 128 Å². The van der Waals surface area contributed by atoms with Crippen molar-refractivity contribution in [3.63, 3.8) is 0 Å². The summed E-state index contributed by atoms with van der Waals surface area (Å²) < 4.78 is 5.03. The lowest BCUT2D eigenvalue weighted by Gasteiger charge is -2.12. The molecule has 0 aromatic heterocycles. The number of nitrogens with one attached hydrogen (secondary N) is 8. The summed E-state index contributed by atoms with van der Waals surface area (Å²) in [7, 11) is 8.86. The predicted octanol–water partition coefficient (Wildman–Crippen LogP) is 8.84. The molecule has 0 rings (SSSR count). The number of rotatable bonds is 57. The average molecular weight is 1290 g/mol. The number of ether oxygens (including phenoxy) is 1. The number of amides is 7. The molecule has 0 saturated heterocycles. The van der Waals surface area contributed by atoms with Gasteiger partial charge in [0.15, 0.2) is 0 Å². The standard InChI is InChI=1S/C21H44N4O3S2.C21H42N4O3S.C15H30NOS2.C3H8N2O/c1-19(10-8-13-23-18-28-17-22)9-5-7-15-24-20(26)11-4-3-6-14-25-21(27)12-16-30-29-2;1-18(10-8-13-23-17-19(22)26)9-5-7-15-24-20(27)11-4-3-6-14-25-21(28)12-16-29-2;1-4-12-18-19-13-8-10-15(17)16-11-7-6-9-14(3)5-2;1-5-2-3(4)6/h19,23H,3-18,22H2,1-2H3,(H,24,26)(H,25,27);18,23H,3-17H2,1-2H3,(H2,22,26)(H,24,27)(H,25,28);14H,2,4-13H2,1,3H3,(H,16,17);5H,2H2,1H3,(H2,4,6)/q;;-1;. The molecule has 3 unspecified atom stereocenters. The molecule has 7 amide bonds. The van der Waals surface area contributed by atoms with E-state index in [4.69, 9.17) is 21.9 Å². The minimum atomic E-state index is -0.322. The van der Waals surface area contributed by atoms with Gasteiger partial charge in [-0.25, -0.2) is 0 Å². The van der Waals surface area contributed by atoms with Gasteiger partial charge in [0.2, 0.25) is 41.4 Å². The zero-order valence-electron chi connectivity index (χ0n) is 53.7. The van der Waals surface area contributed by atoms with Gasteiger partial charge in [0.05, 0.1) is 26.6 Å². The van der Waals surface area contributed by atoms with Crippen LogP contribution in [0.1, 0.15) is 201 Å². The van der Waals surface area contributed by atoms with Gasteiger partial charge < -0.3 is 66.1 Å². The normalized spacial score (nSPS) is 11.7. The van der Waals surface area contributed by atoms with Crippen molar-refractivity contribution in [2.75, 3.05) is 115 Å². The van der Waals surface area contributed by atoms with Crippen molar-refractivity contribution >= 4 is 96.3 Å². The third-order valence-corrected chi connectivity index (χ3v) is 17.9. The van der Waals surface area contributed by atoms with Crippen LogP contribution < -0.4 is 59.7 Å². The van der Waals surface area contributed by atoms with Crippen LogP contribution in [0.15, 0.2) is 0 Å². The van der Waals surface area contributed by atoms with Crippen LogP contribution in [0.2, 0.25) is 0 Å². The first-order valence-corrected chi connectivity index (χ1v) is 38.1. The Hall–Kier alpha value is -2.16. The third kappa shape index (κ3) is 81.9. The molecular formula is C60H124N11O8S5-. The second-order valence-corrected chi connectivity index (χ2v) is 27.5.